The van der Waals surface area contributed by atoms with Gasteiger partial charge in [0.2, 0.25) is 5.91 Å². The molecule has 1 amide bonds. The van der Waals surface area contributed by atoms with Crippen molar-refractivity contribution in [3.63, 3.8) is 0 Å². The molecule has 2 rings (SSSR count). The van der Waals surface area contributed by atoms with E-state index in [-0.39, 0.29) is 18.0 Å². The number of aromatic carboxylic acids is 1. The minimum Gasteiger partial charge on any atom is -0.478 e. The minimum atomic E-state index is -1.07. The van der Waals surface area contributed by atoms with E-state index >= 15 is 0 Å². The van der Waals surface area contributed by atoms with Crippen LogP contribution in [0.15, 0.2) is 6.07 Å². The molecule has 1 saturated heterocycles. The largest absolute Gasteiger partial charge is 0.478 e. The molecule has 3 N–H and O–H groups in total. The molecule has 0 radical (unpaired) electrons. The Morgan fingerprint density at radius 1 is 1.50 bits per heavy atom. The summed E-state index contributed by atoms with van der Waals surface area (Å²) in [5, 5.41) is 9.38. The summed E-state index contributed by atoms with van der Waals surface area (Å²) in [6.45, 7) is 4.41. The molecule has 0 aliphatic carbocycles. The van der Waals surface area contributed by atoms with E-state index in [1.165, 1.54) is 0 Å². The molecule has 1 aliphatic heterocycles. The van der Waals surface area contributed by atoms with Crippen molar-refractivity contribution in [1.29, 1.82) is 0 Å². The summed E-state index contributed by atoms with van der Waals surface area (Å²) < 4.78 is 5.24. The first-order chi connectivity index (χ1) is 9.41. The average molecular weight is 279 g/mol. The normalized spacial score (nSPS) is 18.9. The lowest BCUT2D eigenvalue weighted by molar-refractivity contribution is -0.121. The van der Waals surface area contributed by atoms with Crippen molar-refractivity contribution in [1.82, 2.24) is 4.98 Å². The third kappa shape index (κ3) is 2.57. The van der Waals surface area contributed by atoms with E-state index in [1.807, 2.05) is 0 Å². The lowest BCUT2D eigenvalue weighted by atomic mass is 10.1. The maximum absolute atomic E-state index is 11.5. The molecule has 108 valence electrons. The second-order valence-electron chi connectivity index (χ2n) is 4.77. The first kappa shape index (κ1) is 14.3. The molecule has 20 heavy (non-hydrogen) atoms. The highest BCUT2D eigenvalue weighted by Crippen LogP contribution is 2.25. The number of hydrogen-bond acceptors (Lipinski definition) is 5. The molecule has 1 fully saturated rings. The third-order valence-electron chi connectivity index (χ3n) is 3.27. The number of aryl methyl sites for hydroxylation is 2. The zero-order valence-electron chi connectivity index (χ0n) is 11.4. The number of rotatable bonds is 3. The van der Waals surface area contributed by atoms with Gasteiger partial charge in [0.1, 0.15) is 17.4 Å². The average Bonchev–Trinajstić information content (AvgIpc) is 2.37. The number of pyridine rings is 1. The highest BCUT2D eigenvalue weighted by Gasteiger charge is 2.32. The van der Waals surface area contributed by atoms with Gasteiger partial charge in [-0.2, -0.15) is 0 Å². The van der Waals surface area contributed by atoms with Gasteiger partial charge >= 0.3 is 5.97 Å². The summed E-state index contributed by atoms with van der Waals surface area (Å²) in [4.78, 5) is 28.9. The second kappa shape index (κ2) is 5.46. The number of carbonyl (C=O) groups excluding carboxylic acids is 1. The number of anilines is 1. The predicted octanol–water partition coefficient (Wildman–Crippen LogP) is 0.0871. The smallest absolute Gasteiger partial charge is 0.339 e. The van der Waals surface area contributed by atoms with Gasteiger partial charge in [0.15, 0.2) is 0 Å². The maximum atomic E-state index is 11.5. The number of morpholine rings is 1. The molecule has 0 saturated carbocycles. The number of amides is 1. The van der Waals surface area contributed by atoms with Crippen LogP contribution in [0.25, 0.3) is 0 Å². The summed E-state index contributed by atoms with van der Waals surface area (Å²) in [6.07, 6.45) is 0. The molecule has 2 heterocycles. The van der Waals surface area contributed by atoms with Crippen molar-refractivity contribution < 1.29 is 19.4 Å². The van der Waals surface area contributed by atoms with E-state index in [2.05, 4.69) is 4.98 Å². The summed E-state index contributed by atoms with van der Waals surface area (Å²) in [5.74, 6) is -1.34. The lowest BCUT2D eigenvalue weighted by Gasteiger charge is -2.35. The molecule has 0 bridgehead atoms. The number of carboxylic acids is 1. The molecule has 1 aliphatic rings. The van der Waals surface area contributed by atoms with Gasteiger partial charge in [-0.15, -0.1) is 0 Å². The quantitative estimate of drug-likeness (QED) is 0.812. The van der Waals surface area contributed by atoms with Crippen LogP contribution >= 0.6 is 0 Å². The van der Waals surface area contributed by atoms with E-state index in [0.717, 1.165) is 0 Å². The molecule has 1 unspecified atom stereocenters. The zero-order chi connectivity index (χ0) is 14.9. The van der Waals surface area contributed by atoms with Crippen LogP contribution in [-0.4, -0.2) is 47.8 Å². The molecular formula is C13H17N3O4. The van der Waals surface area contributed by atoms with Crippen molar-refractivity contribution >= 4 is 17.7 Å². The summed E-state index contributed by atoms with van der Waals surface area (Å²) in [6, 6.07) is 1.00. The first-order valence-electron chi connectivity index (χ1n) is 6.27. The Labute approximate surface area is 116 Å². The number of hydrogen-bond donors (Lipinski definition) is 2. The fraction of sp³-hybridized carbons (Fsp3) is 0.462. The van der Waals surface area contributed by atoms with Crippen LogP contribution in [0.3, 0.4) is 0 Å². The zero-order valence-corrected chi connectivity index (χ0v) is 11.4. The van der Waals surface area contributed by atoms with Crippen LogP contribution in [-0.2, 0) is 9.53 Å². The highest BCUT2D eigenvalue weighted by atomic mass is 16.5. The Bertz CT molecular complexity index is 559. The monoisotopic (exact) mass is 279 g/mol. The van der Waals surface area contributed by atoms with Crippen LogP contribution in [0.5, 0.6) is 0 Å². The number of ether oxygens (including phenoxy) is 1. The molecule has 7 heteroatoms. The molecular weight excluding hydrogens is 262 g/mol. The number of carbonyl (C=O) groups is 2. The van der Waals surface area contributed by atoms with E-state index < -0.39 is 17.9 Å². The van der Waals surface area contributed by atoms with E-state index in [0.29, 0.717) is 24.4 Å². The van der Waals surface area contributed by atoms with E-state index in [4.69, 9.17) is 10.5 Å². The highest BCUT2D eigenvalue weighted by molar-refractivity contribution is 5.96. The van der Waals surface area contributed by atoms with Crippen LogP contribution < -0.4 is 10.6 Å². The SMILES string of the molecule is Cc1cc(C)c(C(=O)O)c(N2CCOCC2C(N)=O)n1. The van der Waals surface area contributed by atoms with Gasteiger partial charge in [-0.1, -0.05) is 0 Å². The number of aromatic nitrogens is 1. The minimum absolute atomic E-state index is 0.101. The topological polar surface area (TPSA) is 106 Å². The van der Waals surface area contributed by atoms with Gasteiger partial charge in [-0.3, -0.25) is 4.79 Å². The van der Waals surface area contributed by atoms with Crippen molar-refractivity contribution in [2.24, 2.45) is 5.73 Å². The molecule has 0 spiro atoms. The van der Waals surface area contributed by atoms with Crippen molar-refractivity contribution in [3.05, 3.63) is 22.9 Å². The van der Waals surface area contributed by atoms with Gasteiger partial charge < -0.3 is 20.5 Å². The number of primary amides is 1. The molecule has 0 aromatic carbocycles. The van der Waals surface area contributed by atoms with Gasteiger partial charge in [0.05, 0.1) is 13.2 Å². The van der Waals surface area contributed by atoms with Gasteiger partial charge in [-0.05, 0) is 25.5 Å². The van der Waals surface area contributed by atoms with Gasteiger partial charge in [0, 0.05) is 12.2 Å². The second-order valence-corrected chi connectivity index (χ2v) is 4.77. The van der Waals surface area contributed by atoms with Crippen LogP contribution in [0.2, 0.25) is 0 Å². The summed E-state index contributed by atoms with van der Waals surface area (Å²) in [5.41, 5.74) is 6.76. The maximum Gasteiger partial charge on any atom is 0.339 e. The standard InChI is InChI=1S/C13H17N3O4/c1-7-5-8(2)15-12(10(7)13(18)19)16-3-4-20-6-9(16)11(14)17/h5,9H,3-4,6H2,1-2H3,(H2,14,17)(H,18,19). The Kier molecular flexibility index (Phi) is 3.89. The lowest BCUT2D eigenvalue weighted by Crippen LogP contribution is -2.53. The predicted molar refractivity (Wildman–Crippen MR) is 71.8 cm³/mol. The molecule has 1 aromatic rings. The Morgan fingerprint density at radius 3 is 2.80 bits per heavy atom. The number of nitrogens with zero attached hydrogens (tertiary/aromatic N) is 2. The Morgan fingerprint density at radius 2 is 2.20 bits per heavy atom. The molecule has 1 atom stereocenters. The van der Waals surface area contributed by atoms with Gasteiger partial charge in [-0.25, -0.2) is 9.78 Å². The van der Waals surface area contributed by atoms with Crippen molar-refractivity contribution in [3.8, 4) is 0 Å². The van der Waals surface area contributed by atoms with Crippen LogP contribution in [0, 0.1) is 13.8 Å². The van der Waals surface area contributed by atoms with E-state index in [9.17, 15) is 14.7 Å². The van der Waals surface area contributed by atoms with E-state index in [1.54, 1.807) is 24.8 Å². The summed E-state index contributed by atoms with van der Waals surface area (Å²) >= 11 is 0. The fourth-order valence-electron chi connectivity index (χ4n) is 2.38. The molecule has 7 nitrogen and oxygen atoms in total. The first-order valence-corrected chi connectivity index (χ1v) is 6.27. The van der Waals surface area contributed by atoms with Crippen LogP contribution in [0.4, 0.5) is 5.82 Å². The van der Waals surface area contributed by atoms with Crippen molar-refractivity contribution in [2.75, 3.05) is 24.7 Å². The Hall–Kier alpha value is -2.15. The summed E-state index contributed by atoms with van der Waals surface area (Å²) in [7, 11) is 0. The number of carboxylic acid groups (broad SMARTS) is 1. The van der Waals surface area contributed by atoms with Crippen LogP contribution in [0.1, 0.15) is 21.6 Å². The van der Waals surface area contributed by atoms with Crippen molar-refractivity contribution in [2.45, 2.75) is 19.9 Å². The third-order valence-corrected chi connectivity index (χ3v) is 3.27. The fourth-order valence-corrected chi connectivity index (χ4v) is 2.38. The van der Waals surface area contributed by atoms with Gasteiger partial charge in [0.25, 0.3) is 0 Å². The molecule has 1 aromatic heterocycles. The number of nitrogens with two attached hydrogens (primary N) is 1. The Balaban J connectivity index is 2.54.